The molecule has 0 atom stereocenters. The van der Waals surface area contributed by atoms with Gasteiger partial charge in [0.1, 0.15) is 0 Å². The third-order valence-corrected chi connectivity index (χ3v) is 9.75. The van der Waals surface area contributed by atoms with E-state index >= 15 is 0 Å². The monoisotopic (exact) mass is 446 g/mol. The van der Waals surface area contributed by atoms with Crippen molar-refractivity contribution in [3.63, 3.8) is 0 Å². The van der Waals surface area contributed by atoms with E-state index in [1.165, 1.54) is 50.9 Å². The first-order valence-electron chi connectivity index (χ1n) is 8.85. The van der Waals surface area contributed by atoms with Crippen molar-refractivity contribution in [2.24, 2.45) is 0 Å². The van der Waals surface area contributed by atoms with Crippen LogP contribution in [0.3, 0.4) is 0 Å². The van der Waals surface area contributed by atoms with Crippen LogP contribution in [-0.4, -0.2) is 14.5 Å². The summed E-state index contributed by atoms with van der Waals surface area (Å²) in [5, 5.41) is 10.3. The van der Waals surface area contributed by atoms with Crippen LogP contribution in [0.2, 0.25) is 0 Å². The van der Waals surface area contributed by atoms with Crippen LogP contribution in [0.4, 0.5) is 0 Å². The third-order valence-electron chi connectivity index (χ3n) is 5.06. The van der Waals surface area contributed by atoms with E-state index in [0.29, 0.717) is 0 Å². The van der Waals surface area contributed by atoms with Crippen molar-refractivity contribution in [2.75, 3.05) is 0 Å². The summed E-state index contributed by atoms with van der Waals surface area (Å²) >= 11 is 4.04. The average Bonchev–Trinajstić information content (AvgIpc) is 3.45. The van der Waals surface area contributed by atoms with Gasteiger partial charge in [0, 0.05) is 0 Å². The molecule has 128 valence electrons. The molecule has 0 amide bonds. The normalized spacial score (nSPS) is 11.7. The first-order valence-corrected chi connectivity index (χ1v) is 12.3. The summed E-state index contributed by atoms with van der Waals surface area (Å²) in [4.78, 5) is 0. The van der Waals surface area contributed by atoms with Crippen LogP contribution in [0.5, 0.6) is 0 Å². The second-order valence-electron chi connectivity index (χ2n) is 6.57. The van der Waals surface area contributed by atoms with Crippen LogP contribution in [0, 0.1) is 0 Å². The van der Waals surface area contributed by atoms with Crippen LogP contribution >= 0.6 is 22.7 Å². The molecule has 0 saturated carbocycles. The van der Waals surface area contributed by atoms with Gasteiger partial charge in [-0.2, -0.15) is 0 Å². The molecule has 0 bridgehead atoms. The van der Waals surface area contributed by atoms with Crippen LogP contribution in [0.15, 0.2) is 83.6 Å². The quantitative estimate of drug-likeness (QED) is 0.240. The fourth-order valence-electron chi connectivity index (χ4n) is 3.89. The van der Waals surface area contributed by atoms with Crippen molar-refractivity contribution in [1.82, 2.24) is 0 Å². The van der Waals surface area contributed by atoms with Crippen molar-refractivity contribution in [1.29, 1.82) is 0 Å². The van der Waals surface area contributed by atoms with Gasteiger partial charge in [0.05, 0.1) is 0 Å². The van der Waals surface area contributed by atoms with Gasteiger partial charge in [0.15, 0.2) is 0 Å². The Morgan fingerprint density at radius 3 is 1.41 bits per heavy atom. The van der Waals surface area contributed by atoms with Gasteiger partial charge < -0.3 is 0 Å². The van der Waals surface area contributed by atoms with Gasteiger partial charge in [-0.25, -0.2) is 0 Å². The van der Waals surface area contributed by atoms with E-state index in [1.54, 1.807) is 0 Å². The molecule has 3 heteroatoms. The topological polar surface area (TPSA) is 0 Å². The summed E-state index contributed by atoms with van der Waals surface area (Å²) in [5.41, 5.74) is 2.73. The van der Waals surface area contributed by atoms with Crippen molar-refractivity contribution in [2.45, 2.75) is 0 Å². The maximum atomic E-state index is 2.32. The van der Waals surface area contributed by atoms with E-state index in [9.17, 15) is 0 Å². The molecule has 0 fully saturated rings. The van der Waals surface area contributed by atoms with Gasteiger partial charge in [-0.05, 0) is 0 Å². The standard InChI is InChI=1S/C24H14S2Se/c1-3-7-15(8-4-1)23-19-17-11-13-25-21(17)22-18(12-14-26-22)20(19)24(27-23)16-9-5-2-6-10-16/h1-14H. The number of thiophene rings is 2. The Bertz CT molecular complexity index is 1290. The van der Waals surface area contributed by atoms with Gasteiger partial charge in [0.2, 0.25) is 0 Å². The molecular formula is C24H14S2Se. The Labute approximate surface area is 171 Å². The number of hydrogen-bond acceptors (Lipinski definition) is 2. The van der Waals surface area contributed by atoms with Crippen molar-refractivity contribution in [3.8, 4) is 20.0 Å². The van der Waals surface area contributed by atoms with Gasteiger partial charge in [-0.15, -0.1) is 0 Å². The van der Waals surface area contributed by atoms with Crippen molar-refractivity contribution in [3.05, 3.63) is 83.6 Å². The Hall–Kier alpha value is -2.16. The zero-order valence-electron chi connectivity index (χ0n) is 14.3. The average molecular weight is 445 g/mol. The van der Waals surface area contributed by atoms with Crippen molar-refractivity contribution >= 4 is 68.1 Å². The molecule has 0 N–H and O–H groups in total. The Morgan fingerprint density at radius 2 is 0.963 bits per heavy atom. The van der Waals surface area contributed by atoms with E-state index in [-0.39, 0.29) is 14.5 Å². The second-order valence-corrected chi connectivity index (χ2v) is 10.5. The molecule has 3 aromatic carbocycles. The van der Waals surface area contributed by atoms with Crippen LogP contribution < -0.4 is 0 Å². The van der Waals surface area contributed by atoms with Gasteiger partial charge in [0.25, 0.3) is 0 Å². The van der Waals surface area contributed by atoms with E-state index in [1.807, 2.05) is 22.7 Å². The number of benzene rings is 3. The molecule has 3 heterocycles. The molecule has 0 nitrogen and oxygen atoms in total. The SMILES string of the molecule is c1ccc(-c2[se]c(-c3ccccc3)c3c4ccsc4c4sccc4c23)cc1. The molecule has 0 spiro atoms. The zero-order valence-corrected chi connectivity index (χ0v) is 17.7. The summed E-state index contributed by atoms with van der Waals surface area (Å²) < 4.78 is 5.93. The van der Waals surface area contributed by atoms with Crippen LogP contribution in [0.1, 0.15) is 0 Å². The van der Waals surface area contributed by atoms with Crippen LogP contribution in [0.25, 0.3) is 50.9 Å². The molecule has 3 aromatic heterocycles. The number of rotatable bonds is 2. The molecule has 0 aliphatic rings. The predicted octanol–water partition coefficient (Wildman–Crippen LogP) is 7.66. The fraction of sp³-hybridized carbons (Fsp3) is 0. The Morgan fingerprint density at radius 1 is 0.519 bits per heavy atom. The first kappa shape index (κ1) is 15.9. The molecule has 0 saturated heterocycles. The second kappa shape index (κ2) is 6.19. The molecule has 0 aliphatic carbocycles. The molecule has 6 rings (SSSR count). The molecule has 0 unspecified atom stereocenters. The summed E-state index contributed by atoms with van der Waals surface area (Å²) in [7, 11) is 0. The fourth-order valence-corrected chi connectivity index (χ4v) is 8.70. The minimum absolute atomic E-state index is 0.288. The van der Waals surface area contributed by atoms with E-state index in [4.69, 9.17) is 0 Å². The summed E-state index contributed by atoms with van der Waals surface area (Å²) in [6, 6.07) is 26.6. The van der Waals surface area contributed by atoms with E-state index < -0.39 is 0 Å². The van der Waals surface area contributed by atoms with E-state index in [2.05, 4.69) is 83.6 Å². The summed E-state index contributed by atoms with van der Waals surface area (Å²) in [6.45, 7) is 0. The van der Waals surface area contributed by atoms with Gasteiger partial charge >= 0.3 is 172 Å². The molecule has 0 aliphatic heterocycles. The maximum absolute atomic E-state index is 2.32. The van der Waals surface area contributed by atoms with Gasteiger partial charge in [-0.3, -0.25) is 0 Å². The van der Waals surface area contributed by atoms with E-state index in [0.717, 1.165) is 0 Å². The third kappa shape index (κ3) is 2.33. The molecule has 27 heavy (non-hydrogen) atoms. The predicted molar refractivity (Wildman–Crippen MR) is 123 cm³/mol. The summed E-state index contributed by atoms with van der Waals surface area (Å²) in [5.74, 6) is 0. The minimum atomic E-state index is 0.288. The van der Waals surface area contributed by atoms with Crippen molar-refractivity contribution < 1.29 is 0 Å². The first-order chi connectivity index (χ1) is 13.4. The summed E-state index contributed by atoms with van der Waals surface area (Å²) in [6.07, 6.45) is 0. The molecule has 0 radical (unpaired) electrons. The zero-order chi connectivity index (χ0) is 17.8. The Kier molecular flexibility index (Phi) is 3.63. The molecular weight excluding hydrogens is 431 g/mol. The van der Waals surface area contributed by atoms with Gasteiger partial charge in [-0.1, -0.05) is 0 Å². The van der Waals surface area contributed by atoms with Crippen LogP contribution in [-0.2, 0) is 0 Å². The molecule has 6 aromatic rings. The number of hydrogen-bond donors (Lipinski definition) is 0. The Balaban J connectivity index is 1.88. The number of fused-ring (bicyclic) bond motifs is 6.